The van der Waals surface area contributed by atoms with Gasteiger partial charge in [0, 0.05) is 36.4 Å². The van der Waals surface area contributed by atoms with Gasteiger partial charge in [-0.25, -0.2) is 4.79 Å². The number of benzene rings is 1. The van der Waals surface area contributed by atoms with Crippen molar-refractivity contribution in [1.82, 2.24) is 15.3 Å². The Morgan fingerprint density at radius 3 is 2.65 bits per heavy atom. The van der Waals surface area contributed by atoms with Crippen molar-refractivity contribution in [2.75, 3.05) is 5.32 Å². The molecule has 3 aromatic rings. The van der Waals surface area contributed by atoms with Gasteiger partial charge >= 0.3 is 6.03 Å². The minimum absolute atomic E-state index is 0.240. The molecule has 5 nitrogen and oxygen atoms in total. The van der Waals surface area contributed by atoms with E-state index in [2.05, 4.69) is 20.6 Å². The third-order valence-electron chi connectivity index (χ3n) is 3.27. The largest absolute Gasteiger partial charge is 0.334 e. The molecular formula is C18H16N4O. The average molecular weight is 304 g/mol. The van der Waals surface area contributed by atoms with E-state index < -0.39 is 0 Å². The van der Waals surface area contributed by atoms with Gasteiger partial charge in [0.25, 0.3) is 0 Å². The summed E-state index contributed by atoms with van der Waals surface area (Å²) in [5.41, 5.74) is 3.52. The van der Waals surface area contributed by atoms with Crippen molar-refractivity contribution in [3.63, 3.8) is 0 Å². The second-order valence-corrected chi connectivity index (χ2v) is 4.96. The number of amides is 2. The number of hydrogen-bond donors (Lipinski definition) is 2. The predicted octanol–water partition coefficient (Wildman–Crippen LogP) is 3.47. The van der Waals surface area contributed by atoms with E-state index in [4.69, 9.17) is 0 Å². The number of para-hydroxylation sites is 1. The summed E-state index contributed by atoms with van der Waals surface area (Å²) in [7, 11) is 0. The molecule has 2 heterocycles. The van der Waals surface area contributed by atoms with Gasteiger partial charge in [0.2, 0.25) is 0 Å². The van der Waals surface area contributed by atoms with Gasteiger partial charge in [0.05, 0.1) is 5.69 Å². The molecule has 1 aromatic carbocycles. The molecule has 0 saturated carbocycles. The lowest BCUT2D eigenvalue weighted by atomic mass is 10.1. The Morgan fingerprint density at radius 2 is 1.87 bits per heavy atom. The van der Waals surface area contributed by atoms with Gasteiger partial charge in [-0.15, -0.1) is 0 Å². The van der Waals surface area contributed by atoms with Crippen molar-refractivity contribution in [3.05, 3.63) is 78.8 Å². The highest BCUT2D eigenvalue weighted by molar-refractivity contribution is 5.89. The van der Waals surface area contributed by atoms with Crippen LogP contribution in [0.15, 0.2) is 73.2 Å². The van der Waals surface area contributed by atoms with Crippen LogP contribution in [0.25, 0.3) is 11.3 Å². The SMILES string of the molecule is O=C(NCc1ccnc(-c2cccnc2)c1)Nc1ccccc1. The number of pyridine rings is 2. The summed E-state index contributed by atoms with van der Waals surface area (Å²) in [6.45, 7) is 0.425. The first-order valence-corrected chi connectivity index (χ1v) is 7.26. The molecule has 114 valence electrons. The molecule has 0 aliphatic heterocycles. The number of aromatic nitrogens is 2. The number of carbonyl (C=O) groups is 1. The minimum atomic E-state index is -0.240. The van der Waals surface area contributed by atoms with Crippen LogP contribution in [0.4, 0.5) is 10.5 Å². The molecule has 2 amide bonds. The number of nitrogens with zero attached hydrogens (tertiary/aromatic N) is 2. The van der Waals surface area contributed by atoms with Gasteiger partial charge in [-0.3, -0.25) is 9.97 Å². The van der Waals surface area contributed by atoms with Crippen LogP contribution in [-0.4, -0.2) is 16.0 Å². The maximum absolute atomic E-state index is 11.9. The molecule has 0 unspecified atom stereocenters. The molecule has 0 radical (unpaired) electrons. The van der Waals surface area contributed by atoms with Gasteiger partial charge in [0.15, 0.2) is 0 Å². The van der Waals surface area contributed by atoms with Crippen molar-refractivity contribution >= 4 is 11.7 Å². The Bertz CT molecular complexity index is 775. The van der Waals surface area contributed by atoms with Crippen LogP contribution in [-0.2, 0) is 6.54 Å². The van der Waals surface area contributed by atoms with Crippen LogP contribution in [0.5, 0.6) is 0 Å². The number of nitrogens with one attached hydrogen (secondary N) is 2. The van der Waals surface area contributed by atoms with Gasteiger partial charge < -0.3 is 10.6 Å². The Labute approximate surface area is 134 Å². The van der Waals surface area contributed by atoms with Crippen LogP contribution in [0, 0.1) is 0 Å². The summed E-state index contributed by atoms with van der Waals surface area (Å²) in [5, 5.41) is 5.62. The number of carbonyl (C=O) groups excluding carboxylic acids is 1. The normalized spacial score (nSPS) is 10.1. The van der Waals surface area contributed by atoms with E-state index in [1.54, 1.807) is 18.6 Å². The maximum Gasteiger partial charge on any atom is 0.319 e. The number of anilines is 1. The van der Waals surface area contributed by atoms with Crippen molar-refractivity contribution in [2.45, 2.75) is 6.54 Å². The molecule has 2 aromatic heterocycles. The molecular weight excluding hydrogens is 288 g/mol. The highest BCUT2D eigenvalue weighted by Gasteiger charge is 2.04. The third kappa shape index (κ3) is 4.14. The van der Waals surface area contributed by atoms with E-state index in [0.717, 1.165) is 22.5 Å². The first-order valence-electron chi connectivity index (χ1n) is 7.26. The van der Waals surface area contributed by atoms with Crippen LogP contribution in [0.2, 0.25) is 0 Å². The quantitative estimate of drug-likeness (QED) is 0.775. The molecule has 5 heteroatoms. The zero-order valence-electron chi connectivity index (χ0n) is 12.4. The van der Waals surface area contributed by atoms with E-state index in [1.165, 1.54) is 0 Å². The fourth-order valence-electron chi connectivity index (χ4n) is 2.14. The van der Waals surface area contributed by atoms with Crippen LogP contribution < -0.4 is 10.6 Å². The molecule has 0 fully saturated rings. The lowest BCUT2D eigenvalue weighted by Gasteiger charge is -2.08. The predicted molar refractivity (Wildman–Crippen MR) is 89.8 cm³/mol. The molecule has 0 aliphatic carbocycles. The van der Waals surface area contributed by atoms with E-state index in [1.807, 2.05) is 54.6 Å². The van der Waals surface area contributed by atoms with E-state index in [-0.39, 0.29) is 6.03 Å². The lowest BCUT2D eigenvalue weighted by molar-refractivity contribution is 0.251. The molecule has 0 bridgehead atoms. The molecule has 2 N–H and O–H groups in total. The molecule has 3 rings (SSSR count). The Balaban J connectivity index is 1.61. The molecule has 0 aliphatic rings. The summed E-state index contributed by atoms with van der Waals surface area (Å²) in [4.78, 5) is 20.3. The van der Waals surface area contributed by atoms with Crippen molar-refractivity contribution < 1.29 is 4.79 Å². The highest BCUT2D eigenvalue weighted by atomic mass is 16.2. The van der Waals surface area contributed by atoms with E-state index in [0.29, 0.717) is 6.54 Å². The van der Waals surface area contributed by atoms with Crippen LogP contribution in [0.1, 0.15) is 5.56 Å². The van der Waals surface area contributed by atoms with Crippen LogP contribution in [0.3, 0.4) is 0 Å². The van der Waals surface area contributed by atoms with Gasteiger partial charge in [0.1, 0.15) is 0 Å². The number of rotatable bonds is 4. The van der Waals surface area contributed by atoms with Gasteiger partial charge in [-0.1, -0.05) is 18.2 Å². The Hall–Kier alpha value is -3.21. The fraction of sp³-hybridized carbons (Fsp3) is 0.0556. The third-order valence-corrected chi connectivity index (χ3v) is 3.27. The zero-order chi connectivity index (χ0) is 15.9. The lowest BCUT2D eigenvalue weighted by Crippen LogP contribution is -2.28. The highest BCUT2D eigenvalue weighted by Crippen LogP contribution is 2.16. The zero-order valence-corrected chi connectivity index (χ0v) is 12.4. The topological polar surface area (TPSA) is 66.9 Å². The van der Waals surface area contributed by atoms with Gasteiger partial charge in [-0.05, 0) is 42.0 Å². The monoisotopic (exact) mass is 304 g/mol. The Kier molecular flexibility index (Phi) is 4.59. The summed E-state index contributed by atoms with van der Waals surface area (Å²) in [5.74, 6) is 0. The molecule has 0 spiro atoms. The fourth-order valence-corrected chi connectivity index (χ4v) is 2.14. The van der Waals surface area contributed by atoms with E-state index >= 15 is 0 Å². The first-order chi connectivity index (χ1) is 11.3. The Morgan fingerprint density at radius 1 is 1.00 bits per heavy atom. The summed E-state index contributed by atoms with van der Waals surface area (Å²) >= 11 is 0. The maximum atomic E-state index is 11.9. The standard InChI is InChI=1S/C18H16N4O/c23-18(22-16-6-2-1-3-7-16)21-12-14-8-10-20-17(11-14)15-5-4-9-19-13-15/h1-11,13H,12H2,(H2,21,22,23). The molecule has 0 atom stereocenters. The minimum Gasteiger partial charge on any atom is -0.334 e. The van der Waals surface area contributed by atoms with Gasteiger partial charge in [-0.2, -0.15) is 0 Å². The van der Waals surface area contributed by atoms with Crippen molar-refractivity contribution in [2.24, 2.45) is 0 Å². The van der Waals surface area contributed by atoms with Crippen molar-refractivity contribution in [3.8, 4) is 11.3 Å². The second-order valence-electron chi connectivity index (χ2n) is 4.96. The summed E-state index contributed by atoms with van der Waals surface area (Å²) < 4.78 is 0. The summed E-state index contributed by atoms with van der Waals surface area (Å²) in [6.07, 6.45) is 5.22. The number of hydrogen-bond acceptors (Lipinski definition) is 3. The smallest absolute Gasteiger partial charge is 0.319 e. The average Bonchev–Trinajstić information content (AvgIpc) is 2.62. The molecule has 0 saturated heterocycles. The summed E-state index contributed by atoms with van der Waals surface area (Å²) in [6, 6.07) is 16.7. The first kappa shape index (κ1) is 14.7. The van der Waals surface area contributed by atoms with Crippen molar-refractivity contribution in [1.29, 1.82) is 0 Å². The van der Waals surface area contributed by atoms with Crippen LogP contribution >= 0.6 is 0 Å². The number of urea groups is 1. The second kappa shape index (κ2) is 7.17. The molecule has 23 heavy (non-hydrogen) atoms. The van der Waals surface area contributed by atoms with E-state index in [9.17, 15) is 4.79 Å².